The molecule has 0 radical (unpaired) electrons. The van der Waals surface area contributed by atoms with E-state index in [0.717, 1.165) is 30.8 Å². The van der Waals surface area contributed by atoms with Crippen LogP contribution in [0.4, 0.5) is 10.5 Å². The largest absolute Gasteiger partial charge is 0.495 e. The highest BCUT2D eigenvalue weighted by molar-refractivity contribution is 7.98. The summed E-state index contributed by atoms with van der Waals surface area (Å²) in [4.78, 5) is 14.6. The molecular weight excluding hydrogens is 352 g/mol. The molecule has 1 fully saturated rings. The molecule has 0 aliphatic carbocycles. The fourth-order valence-electron chi connectivity index (χ4n) is 3.17. The van der Waals surface area contributed by atoms with Crippen molar-refractivity contribution in [1.29, 1.82) is 0 Å². The van der Waals surface area contributed by atoms with Gasteiger partial charge in [0, 0.05) is 25.6 Å². The Balaban J connectivity index is 1.76. The Morgan fingerprint density at radius 3 is 3.00 bits per heavy atom. The van der Waals surface area contributed by atoms with Gasteiger partial charge in [0.2, 0.25) is 11.8 Å². The minimum absolute atomic E-state index is 0.104. The first kappa shape index (κ1) is 18.6. The number of piperidine rings is 1. The Morgan fingerprint density at radius 2 is 2.31 bits per heavy atom. The van der Waals surface area contributed by atoms with Crippen molar-refractivity contribution in [2.24, 2.45) is 5.92 Å². The first-order chi connectivity index (χ1) is 12.6. The Labute approximate surface area is 157 Å². The first-order valence-electron chi connectivity index (χ1n) is 8.64. The van der Waals surface area contributed by atoms with Crippen LogP contribution >= 0.6 is 11.8 Å². The Bertz CT molecular complexity index is 763. The summed E-state index contributed by atoms with van der Waals surface area (Å²) in [6.07, 6.45) is 4.33. The van der Waals surface area contributed by atoms with E-state index in [9.17, 15) is 4.79 Å². The number of rotatable bonds is 5. The van der Waals surface area contributed by atoms with Crippen LogP contribution < -0.4 is 10.1 Å². The molecule has 1 aromatic carbocycles. The topological polar surface area (TPSA) is 80.5 Å². The van der Waals surface area contributed by atoms with E-state index in [4.69, 9.17) is 9.15 Å². The lowest BCUT2D eigenvalue weighted by molar-refractivity contribution is 0.183. The van der Waals surface area contributed by atoms with Crippen LogP contribution in [-0.2, 0) is 0 Å². The fourth-order valence-corrected chi connectivity index (χ4v) is 3.91. The number of nitrogens with one attached hydrogen (secondary N) is 1. The van der Waals surface area contributed by atoms with Gasteiger partial charge < -0.3 is 19.4 Å². The average molecular weight is 376 g/mol. The summed E-state index contributed by atoms with van der Waals surface area (Å²) in [5.41, 5.74) is 1.33. The molecule has 2 heterocycles. The molecule has 1 aliphatic heterocycles. The number of thioether (sulfide) groups is 1. The Hall–Kier alpha value is -2.22. The van der Waals surface area contributed by atoms with Gasteiger partial charge in [0.25, 0.3) is 0 Å². The number of nitrogens with zero attached hydrogens (tertiary/aromatic N) is 3. The van der Waals surface area contributed by atoms with Crippen LogP contribution in [0.3, 0.4) is 0 Å². The molecule has 7 nitrogen and oxygen atoms in total. The first-order valence-corrected chi connectivity index (χ1v) is 10.0. The molecule has 2 aromatic rings. The standard InChI is InChI=1S/C18H24N4O3S/c1-12-20-21-17(25-12)14-6-7-16(24-2)15(9-14)19-18(23)22-8-4-5-13(10-22)11-26-3/h6-7,9,13H,4-5,8,10-11H2,1-3H3,(H,19,23)/t13-/m1/s1. The van der Waals surface area contributed by atoms with Crippen molar-refractivity contribution >= 4 is 23.5 Å². The van der Waals surface area contributed by atoms with Crippen LogP contribution in [0.15, 0.2) is 22.6 Å². The maximum absolute atomic E-state index is 12.7. The van der Waals surface area contributed by atoms with Crippen molar-refractivity contribution in [3.63, 3.8) is 0 Å². The van der Waals surface area contributed by atoms with Crippen LogP contribution in [0, 0.1) is 12.8 Å². The van der Waals surface area contributed by atoms with Gasteiger partial charge in [-0.15, -0.1) is 10.2 Å². The van der Waals surface area contributed by atoms with E-state index in [2.05, 4.69) is 21.8 Å². The number of anilines is 1. The van der Waals surface area contributed by atoms with Crippen molar-refractivity contribution in [2.75, 3.05) is 37.5 Å². The third-order valence-electron chi connectivity index (χ3n) is 4.42. The van der Waals surface area contributed by atoms with Gasteiger partial charge in [0.05, 0.1) is 12.8 Å². The van der Waals surface area contributed by atoms with E-state index >= 15 is 0 Å². The molecule has 3 rings (SSSR count). The molecule has 1 N–H and O–H groups in total. The normalized spacial score (nSPS) is 17.2. The van der Waals surface area contributed by atoms with Crippen LogP contribution in [0.2, 0.25) is 0 Å². The van der Waals surface area contributed by atoms with E-state index in [1.165, 1.54) is 6.42 Å². The number of ether oxygens (including phenoxy) is 1. The molecule has 0 bridgehead atoms. The summed E-state index contributed by atoms with van der Waals surface area (Å²) in [5, 5.41) is 10.9. The zero-order valence-corrected chi connectivity index (χ0v) is 16.1. The third-order valence-corrected chi connectivity index (χ3v) is 5.23. The quantitative estimate of drug-likeness (QED) is 0.858. The third kappa shape index (κ3) is 4.30. The van der Waals surface area contributed by atoms with E-state index in [1.54, 1.807) is 26.2 Å². The molecule has 1 saturated heterocycles. The number of hydrogen-bond donors (Lipinski definition) is 1. The lowest BCUT2D eigenvalue weighted by Crippen LogP contribution is -2.42. The average Bonchev–Trinajstić information content (AvgIpc) is 3.08. The molecule has 26 heavy (non-hydrogen) atoms. The smallest absolute Gasteiger partial charge is 0.321 e. The number of likely N-dealkylation sites (tertiary alicyclic amines) is 1. The van der Waals surface area contributed by atoms with Crippen LogP contribution in [-0.4, -0.2) is 53.3 Å². The number of hydrogen-bond acceptors (Lipinski definition) is 6. The molecule has 0 unspecified atom stereocenters. The lowest BCUT2D eigenvalue weighted by atomic mass is 10.0. The van der Waals surface area contributed by atoms with E-state index in [-0.39, 0.29) is 6.03 Å². The maximum Gasteiger partial charge on any atom is 0.321 e. The zero-order valence-electron chi connectivity index (χ0n) is 15.3. The minimum atomic E-state index is -0.104. The monoisotopic (exact) mass is 376 g/mol. The second-order valence-electron chi connectivity index (χ2n) is 6.38. The fraction of sp³-hybridized carbons (Fsp3) is 0.500. The molecular formula is C18H24N4O3S. The van der Waals surface area contributed by atoms with E-state index in [0.29, 0.717) is 29.1 Å². The highest BCUT2D eigenvalue weighted by Gasteiger charge is 2.24. The van der Waals surface area contributed by atoms with Gasteiger partial charge in [-0.05, 0) is 49.0 Å². The van der Waals surface area contributed by atoms with Crippen LogP contribution in [0.1, 0.15) is 18.7 Å². The lowest BCUT2D eigenvalue weighted by Gasteiger charge is -2.32. The summed E-state index contributed by atoms with van der Waals surface area (Å²) in [7, 11) is 1.58. The van der Waals surface area contributed by atoms with Gasteiger partial charge in [0.15, 0.2) is 0 Å². The van der Waals surface area contributed by atoms with Crippen LogP contribution in [0.25, 0.3) is 11.5 Å². The molecule has 1 aromatic heterocycles. The number of amides is 2. The summed E-state index contributed by atoms with van der Waals surface area (Å²) >= 11 is 1.83. The summed E-state index contributed by atoms with van der Waals surface area (Å²) in [6, 6.07) is 5.31. The number of carbonyl (C=O) groups excluding carboxylic acids is 1. The van der Waals surface area contributed by atoms with E-state index in [1.807, 2.05) is 22.7 Å². The Morgan fingerprint density at radius 1 is 1.46 bits per heavy atom. The number of methoxy groups -OCH3 is 1. The van der Waals surface area contributed by atoms with Crippen LogP contribution in [0.5, 0.6) is 5.75 Å². The Kier molecular flexibility index (Phi) is 6.03. The number of benzene rings is 1. The molecule has 2 amide bonds. The molecule has 140 valence electrons. The molecule has 8 heteroatoms. The van der Waals surface area contributed by atoms with E-state index < -0.39 is 0 Å². The highest BCUT2D eigenvalue weighted by atomic mass is 32.2. The number of carbonyl (C=O) groups is 1. The molecule has 1 atom stereocenters. The van der Waals surface area contributed by atoms with Crippen molar-refractivity contribution in [2.45, 2.75) is 19.8 Å². The van der Waals surface area contributed by atoms with Crippen molar-refractivity contribution in [3.05, 3.63) is 24.1 Å². The number of aromatic nitrogens is 2. The molecule has 0 spiro atoms. The van der Waals surface area contributed by atoms with Crippen molar-refractivity contribution in [3.8, 4) is 17.2 Å². The van der Waals surface area contributed by atoms with Gasteiger partial charge in [-0.1, -0.05) is 0 Å². The maximum atomic E-state index is 12.7. The second-order valence-corrected chi connectivity index (χ2v) is 7.29. The summed E-state index contributed by atoms with van der Waals surface area (Å²) < 4.78 is 10.9. The number of aryl methyl sites for hydroxylation is 1. The predicted octanol–water partition coefficient (Wildman–Crippen LogP) is 3.66. The number of urea groups is 1. The minimum Gasteiger partial charge on any atom is -0.495 e. The summed E-state index contributed by atoms with van der Waals surface area (Å²) in [6.45, 7) is 3.31. The molecule has 1 aliphatic rings. The van der Waals surface area contributed by atoms with Crippen molar-refractivity contribution in [1.82, 2.24) is 15.1 Å². The van der Waals surface area contributed by atoms with Gasteiger partial charge in [0.1, 0.15) is 5.75 Å². The highest BCUT2D eigenvalue weighted by Crippen LogP contribution is 2.31. The van der Waals surface area contributed by atoms with Crippen molar-refractivity contribution < 1.29 is 13.9 Å². The second kappa shape index (κ2) is 8.44. The summed E-state index contributed by atoms with van der Waals surface area (Å²) in [5.74, 6) is 3.14. The van der Waals surface area contributed by atoms with Gasteiger partial charge in [-0.3, -0.25) is 0 Å². The molecule has 0 saturated carbocycles. The SMILES string of the molecule is COc1ccc(-c2nnc(C)o2)cc1NC(=O)N1CCC[C@@H](CSC)C1. The zero-order chi connectivity index (χ0) is 18.5. The van der Waals surface area contributed by atoms with Gasteiger partial charge >= 0.3 is 6.03 Å². The van der Waals surface area contributed by atoms with Gasteiger partial charge in [-0.2, -0.15) is 11.8 Å². The van der Waals surface area contributed by atoms with Gasteiger partial charge in [-0.25, -0.2) is 4.79 Å². The predicted molar refractivity (Wildman–Crippen MR) is 103 cm³/mol.